The van der Waals surface area contributed by atoms with Crippen LogP contribution >= 0.6 is 0 Å². The van der Waals surface area contributed by atoms with E-state index in [0.717, 1.165) is 77.5 Å². The van der Waals surface area contributed by atoms with Crippen molar-refractivity contribution < 1.29 is 8.83 Å². The average molecular weight is 744 g/mol. The first kappa shape index (κ1) is 32.8. The van der Waals surface area contributed by atoms with Crippen molar-refractivity contribution in [3.8, 4) is 33.4 Å². The predicted octanol–water partition coefficient (Wildman–Crippen LogP) is 15.7. The molecule has 0 amide bonds. The topological polar surface area (TPSA) is 29.5 Å². The smallest absolute Gasteiger partial charge is 0.159 e. The first-order chi connectivity index (χ1) is 28.5. The van der Waals surface area contributed by atoms with Crippen LogP contribution in [0.2, 0.25) is 0 Å². The fourth-order valence-electron chi connectivity index (χ4n) is 9.80. The van der Waals surface area contributed by atoms with Crippen molar-refractivity contribution in [2.24, 2.45) is 0 Å². The maximum absolute atomic E-state index is 6.66. The monoisotopic (exact) mass is 743 g/mol. The molecule has 0 unspecified atom stereocenters. The number of hydrogen-bond donors (Lipinski definition) is 0. The molecule has 274 valence electrons. The second kappa shape index (κ2) is 12.3. The summed E-state index contributed by atoms with van der Waals surface area (Å²) >= 11 is 0. The van der Waals surface area contributed by atoms with Crippen molar-refractivity contribution in [1.82, 2.24) is 0 Å². The summed E-state index contributed by atoms with van der Waals surface area (Å²) in [5.41, 5.74) is 16.7. The van der Waals surface area contributed by atoms with Crippen molar-refractivity contribution in [2.75, 3.05) is 4.90 Å². The summed E-state index contributed by atoms with van der Waals surface area (Å²) < 4.78 is 13.2. The lowest BCUT2D eigenvalue weighted by Gasteiger charge is -2.27. The molecule has 0 spiro atoms. The van der Waals surface area contributed by atoms with Gasteiger partial charge in [0, 0.05) is 43.7 Å². The Morgan fingerprint density at radius 2 is 0.983 bits per heavy atom. The van der Waals surface area contributed by atoms with Gasteiger partial charge in [-0.3, -0.25) is 0 Å². The van der Waals surface area contributed by atoms with Gasteiger partial charge in [-0.05, 0) is 98.4 Å². The molecule has 0 atom stereocenters. The largest absolute Gasteiger partial charge is 0.455 e. The van der Waals surface area contributed by atoms with Crippen LogP contribution in [-0.4, -0.2) is 0 Å². The number of para-hydroxylation sites is 2. The summed E-state index contributed by atoms with van der Waals surface area (Å²) in [6, 6.07) is 67.5. The van der Waals surface area contributed by atoms with Gasteiger partial charge in [-0.15, -0.1) is 0 Å². The molecule has 3 heteroatoms. The maximum atomic E-state index is 6.66. The van der Waals surface area contributed by atoms with Gasteiger partial charge in [0.25, 0.3) is 0 Å². The number of furan rings is 2. The molecule has 3 nitrogen and oxygen atoms in total. The Hall–Kier alpha value is -7.36. The van der Waals surface area contributed by atoms with E-state index in [1.165, 1.54) is 38.8 Å². The molecule has 2 heterocycles. The SMILES string of the molecule is CC1(C)c2ccccc2-c2cccc(-c3ccc(N(c4ccc(-c5cccc6oc7c8ccccc8ccc7c56)cc4)c4cccc5c4oc4ccccc45)cc3)c21. The highest BCUT2D eigenvalue weighted by Gasteiger charge is 2.37. The summed E-state index contributed by atoms with van der Waals surface area (Å²) in [5, 5.41) is 6.77. The predicted molar refractivity (Wildman–Crippen MR) is 242 cm³/mol. The lowest BCUT2D eigenvalue weighted by molar-refractivity contribution is 0.662. The molecule has 1 aliphatic carbocycles. The van der Waals surface area contributed by atoms with E-state index in [1.807, 2.05) is 12.1 Å². The molecule has 9 aromatic carbocycles. The van der Waals surface area contributed by atoms with Gasteiger partial charge >= 0.3 is 0 Å². The number of rotatable bonds is 5. The minimum Gasteiger partial charge on any atom is -0.455 e. The Bertz CT molecular complexity index is 3420. The van der Waals surface area contributed by atoms with Gasteiger partial charge in [-0.1, -0.05) is 153 Å². The van der Waals surface area contributed by atoms with Crippen molar-refractivity contribution in [2.45, 2.75) is 19.3 Å². The molecule has 2 aromatic heterocycles. The van der Waals surface area contributed by atoms with E-state index in [9.17, 15) is 0 Å². The Balaban J connectivity index is 0.999. The van der Waals surface area contributed by atoms with Crippen LogP contribution in [0.5, 0.6) is 0 Å². The molecular formula is C55H37NO2. The van der Waals surface area contributed by atoms with Crippen LogP contribution in [0, 0.1) is 0 Å². The summed E-state index contributed by atoms with van der Waals surface area (Å²) in [5.74, 6) is 0. The summed E-state index contributed by atoms with van der Waals surface area (Å²) in [6.45, 7) is 4.71. The molecule has 0 aliphatic heterocycles. The van der Waals surface area contributed by atoms with Gasteiger partial charge in [-0.2, -0.15) is 0 Å². The third kappa shape index (κ3) is 4.74. The third-order valence-electron chi connectivity index (χ3n) is 12.5. The second-order valence-electron chi connectivity index (χ2n) is 16.0. The number of nitrogens with zero attached hydrogens (tertiary/aromatic N) is 1. The molecular weight excluding hydrogens is 707 g/mol. The Morgan fingerprint density at radius 3 is 1.81 bits per heavy atom. The third-order valence-corrected chi connectivity index (χ3v) is 12.5. The van der Waals surface area contributed by atoms with E-state index in [2.05, 4.69) is 195 Å². The lowest BCUT2D eigenvalue weighted by atomic mass is 9.79. The fourth-order valence-corrected chi connectivity index (χ4v) is 9.80. The number of anilines is 3. The first-order valence-corrected chi connectivity index (χ1v) is 20.0. The molecule has 0 radical (unpaired) electrons. The standard InChI is InChI=1S/C55H37NO2/c1-55(2)47-20-7-5-14-42(47)44-18-9-17-40(52(44)55)36-26-31-38(32-27-36)56(48-21-10-19-45-43-15-6-8-22-49(43)57-54(45)48)37-29-24-35(25-30-37)39-16-11-23-50-51(39)46-33-28-34-12-3-4-13-41(34)53(46)58-50/h3-33H,1-2H3. The van der Waals surface area contributed by atoms with Gasteiger partial charge in [-0.25, -0.2) is 0 Å². The van der Waals surface area contributed by atoms with Gasteiger partial charge in [0.1, 0.15) is 16.7 Å². The van der Waals surface area contributed by atoms with Crippen LogP contribution in [0.3, 0.4) is 0 Å². The molecule has 0 saturated carbocycles. The molecule has 0 saturated heterocycles. The molecule has 12 rings (SSSR count). The molecule has 0 fully saturated rings. The number of hydrogen-bond acceptors (Lipinski definition) is 3. The molecule has 1 aliphatic rings. The van der Waals surface area contributed by atoms with Crippen molar-refractivity contribution in [1.29, 1.82) is 0 Å². The fraction of sp³-hybridized carbons (Fsp3) is 0.0545. The van der Waals surface area contributed by atoms with Gasteiger partial charge < -0.3 is 13.7 Å². The highest BCUT2D eigenvalue weighted by Crippen LogP contribution is 2.52. The highest BCUT2D eigenvalue weighted by molar-refractivity contribution is 6.19. The highest BCUT2D eigenvalue weighted by atomic mass is 16.3. The number of fused-ring (bicyclic) bond motifs is 11. The Labute approximate surface area is 336 Å². The minimum absolute atomic E-state index is 0.104. The Kier molecular flexibility index (Phi) is 6.98. The molecule has 11 aromatic rings. The summed E-state index contributed by atoms with van der Waals surface area (Å²) in [6.07, 6.45) is 0. The van der Waals surface area contributed by atoms with E-state index < -0.39 is 0 Å². The first-order valence-electron chi connectivity index (χ1n) is 20.0. The van der Waals surface area contributed by atoms with Crippen LogP contribution in [0.15, 0.2) is 197 Å². The number of benzene rings is 9. The minimum atomic E-state index is -0.104. The van der Waals surface area contributed by atoms with Gasteiger partial charge in [0.05, 0.1) is 5.69 Å². The van der Waals surface area contributed by atoms with Crippen LogP contribution in [-0.2, 0) is 5.41 Å². The zero-order valence-corrected chi connectivity index (χ0v) is 32.2. The van der Waals surface area contributed by atoms with E-state index in [0.29, 0.717) is 0 Å². The van der Waals surface area contributed by atoms with E-state index in [1.54, 1.807) is 0 Å². The van der Waals surface area contributed by atoms with E-state index >= 15 is 0 Å². The molecule has 0 N–H and O–H groups in total. The van der Waals surface area contributed by atoms with Gasteiger partial charge in [0.2, 0.25) is 0 Å². The van der Waals surface area contributed by atoms with Crippen LogP contribution in [0.25, 0.3) is 88.0 Å². The zero-order valence-electron chi connectivity index (χ0n) is 32.2. The second-order valence-corrected chi connectivity index (χ2v) is 16.0. The van der Waals surface area contributed by atoms with Crippen LogP contribution in [0.4, 0.5) is 17.1 Å². The molecule has 0 bridgehead atoms. The zero-order chi connectivity index (χ0) is 38.5. The quantitative estimate of drug-likeness (QED) is 0.176. The van der Waals surface area contributed by atoms with Crippen LogP contribution in [0.1, 0.15) is 25.0 Å². The average Bonchev–Trinajstić information content (AvgIpc) is 3.93. The van der Waals surface area contributed by atoms with Crippen molar-refractivity contribution >= 4 is 71.7 Å². The lowest BCUT2D eigenvalue weighted by Crippen LogP contribution is -2.16. The van der Waals surface area contributed by atoms with Crippen molar-refractivity contribution in [3.05, 3.63) is 199 Å². The maximum Gasteiger partial charge on any atom is 0.159 e. The van der Waals surface area contributed by atoms with E-state index in [4.69, 9.17) is 8.83 Å². The van der Waals surface area contributed by atoms with Gasteiger partial charge in [0.15, 0.2) is 5.58 Å². The normalized spacial score (nSPS) is 13.1. The Morgan fingerprint density at radius 1 is 0.397 bits per heavy atom. The molecule has 58 heavy (non-hydrogen) atoms. The van der Waals surface area contributed by atoms with Crippen molar-refractivity contribution in [3.63, 3.8) is 0 Å². The summed E-state index contributed by atoms with van der Waals surface area (Å²) in [7, 11) is 0. The van der Waals surface area contributed by atoms with E-state index in [-0.39, 0.29) is 5.41 Å². The summed E-state index contributed by atoms with van der Waals surface area (Å²) in [4.78, 5) is 2.33. The van der Waals surface area contributed by atoms with Crippen LogP contribution < -0.4 is 4.90 Å².